The van der Waals surface area contributed by atoms with Crippen molar-refractivity contribution in [3.05, 3.63) is 57.3 Å². The lowest BCUT2D eigenvalue weighted by molar-refractivity contribution is 0.0600. The zero-order chi connectivity index (χ0) is 15.9. The molecule has 2 aliphatic heterocycles. The van der Waals surface area contributed by atoms with Gasteiger partial charge in [0.15, 0.2) is 0 Å². The molecule has 1 aromatic carbocycles. The lowest BCUT2D eigenvalue weighted by Crippen LogP contribution is -2.11. The number of aromatic amines is 1. The van der Waals surface area contributed by atoms with Crippen LogP contribution in [0.4, 0.5) is 4.39 Å². The molecule has 0 aromatic heterocycles. The number of halogens is 2. The van der Waals surface area contributed by atoms with Crippen LogP contribution in [-0.4, -0.2) is 27.8 Å². The molecule has 0 radical (unpaired) electrons. The minimum Gasteiger partial charge on any atom is -0.465 e. The highest BCUT2D eigenvalue weighted by Gasteiger charge is 2.22. The number of hydrogen-bond acceptors (Lipinski definition) is 4. The van der Waals surface area contributed by atoms with Crippen LogP contribution in [0.3, 0.4) is 0 Å². The highest BCUT2D eigenvalue weighted by atomic mass is 35.5. The molecule has 0 spiro atoms. The number of nitrogens with one attached hydrogen (secondary N) is 1. The third-order valence-electron chi connectivity index (χ3n) is 3.17. The average molecular weight is 322 g/mol. The number of hydrogen-bond donors (Lipinski definition) is 1. The molecule has 1 aromatic rings. The normalized spacial score (nSPS) is 10.9. The van der Waals surface area contributed by atoms with E-state index in [2.05, 4.69) is 10.2 Å². The van der Waals surface area contributed by atoms with Gasteiger partial charge in [0.05, 0.1) is 17.7 Å². The quantitative estimate of drug-likeness (QED) is 0.734. The summed E-state index contributed by atoms with van der Waals surface area (Å²) in [6, 6.07) is 4.05. The number of benzene rings is 1. The van der Waals surface area contributed by atoms with Crippen LogP contribution in [0.15, 0.2) is 35.4 Å². The summed E-state index contributed by atoms with van der Waals surface area (Å²) in [4.78, 5) is 23.6. The van der Waals surface area contributed by atoms with Crippen LogP contribution in [0.5, 0.6) is 0 Å². The molecule has 2 aliphatic rings. The monoisotopic (exact) mass is 321 g/mol. The van der Waals surface area contributed by atoms with Gasteiger partial charge >= 0.3 is 5.97 Å². The van der Waals surface area contributed by atoms with Crippen LogP contribution in [0, 0.1) is 5.82 Å². The first-order valence-electron chi connectivity index (χ1n) is 6.15. The third kappa shape index (κ3) is 2.25. The van der Waals surface area contributed by atoms with Crippen molar-refractivity contribution in [2.45, 2.75) is 0 Å². The summed E-state index contributed by atoms with van der Waals surface area (Å²) >= 11 is 5.76. The zero-order valence-electron chi connectivity index (χ0n) is 11.3. The summed E-state index contributed by atoms with van der Waals surface area (Å²) < 4.78 is 19.4. The summed E-state index contributed by atoms with van der Waals surface area (Å²) in [5.74, 6) is -1.20. The number of rotatable bonds is 2. The molecule has 3 rings (SSSR count). The van der Waals surface area contributed by atoms with Crippen molar-refractivity contribution in [2.24, 2.45) is 0 Å². The van der Waals surface area contributed by atoms with E-state index in [9.17, 15) is 14.0 Å². The standard InChI is InChI=1S/C14H9ClFN3O3/c1-22-14(21)9-6-19(5-8-12(9)17-18-13(8)20)7-2-3-11(16)10(15)4-7/h2-6H,1H3,(H,18,20). The van der Waals surface area contributed by atoms with E-state index >= 15 is 0 Å². The molecule has 0 saturated carbocycles. The van der Waals surface area contributed by atoms with Gasteiger partial charge in [-0.05, 0) is 18.2 Å². The maximum absolute atomic E-state index is 13.3. The molecular weight excluding hydrogens is 313 g/mol. The summed E-state index contributed by atoms with van der Waals surface area (Å²) in [6.07, 6.45) is 2.93. The number of ether oxygens (including phenoxy) is 1. The fraction of sp³-hybridized carbons (Fsp3) is 0.0714. The number of carbonyl (C=O) groups is 1. The van der Waals surface area contributed by atoms with Gasteiger partial charge in [-0.3, -0.25) is 4.79 Å². The Labute approximate surface area is 128 Å². The lowest BCUT2D eigenvalue weighted by Gasteiger charge is -2.12. The maximum Gasteiger partial charge on any atom is 0.341 e. The predicted octanol–water partition coefficient (Wildman–Crippen LogP) is 2.24. The second-order valence-corrected chi connectivity index (χ2v) is 4.89. The van der Waals surface area contributed by atoms with E-state index in [4.69, 9.17) is 16.3 Å². The van der Waals surface area contributed by atoms with E-state index in [1.807, 2.05) is 0 Å². The van der Waals surface area contributed by atoms with Gasteiger partial charge in [-0.2, -0.15) is 5.10 Å². The number of nitrogens with zero attached hydrogens (tertiary/aromatic N) is 2. The Kier molecular flexibility index (Phi) is 3.42. The van der Waals surface area contributed by atoms with E-state index in [0.717, 1.165) is 0 Å². The number of carbonyl (C=O) groups excluding carboxylic acids is 1. The Morgan fingerprint density at radius 1 is 1.41 bits per heavy atom. The van der Waals surface area contributed by atoms with Gasteiger partial charge in [-0.1, -0.05) is 11.6 Å². The smallest absolute Gasteiger partial charge is 0.341 e. The first-order chi connectivity index (χ1) is 10.5. The van der Waals surface area contributed by atoms with Crippen molar-refractivity contribution in [2.75, 3.05) is 7.11 Å². The molecule has 0 saturated heterocycles. The molecule has 0 aliphatic carbocycles. The van der Waals surface area contributed by atoms with Gasteiger partial charge in [-0.15, -0.1) is 0 Å². The number of pyridine rings is 1. The van der Waals surface area contributed by atoms with E-state index in [1.54, 1.807) is 0 Å². The van der Waals surface area contributed by atoms with E-state index < -0.39 is 17.3 Å². The lowest BCUT2D eigenvalue weighted by atomic mass is 10.1. The molecule has 0 bridgehead atoms. The maximum atomic E-state index is 13.3. The van der Waals surface area contributed by atoms with Crippen LogP contribution < -0.4 is 5.56 Å². The predicted molar refractivity (Wildman–Crippen MR) is 77.1 cm³/mol. The van der Waals surface area contributed by atoms with Crippen molar-refractivity contribution < 1.29 is 13.9 Å². The van der Waals surface area contributed by atoms with Gasteiger partial charge < -0.3 is 9.30 Å². The van der Waals surface area contributed by atoms with Crippen LogP contribution in [0.2, 0.25) is 5.02 Å². The topological polar surface area (TPSA) is 77.0 Å². The second kappa shape index (κ2) is 5.27. The van der Waals surface area contributed by atoms with Crippen LogP contribution in [-0.2, 0) is 4.74 Å². The molecule has 22 heavy (non-hydrogen) atoms. The molecule has 1 N–H and O–H groups in total. The van der Waals surface area contributed by atoms with Crippen molar-refractivity contribution >= 4 is 17.6 Å². The van der Waals surface area contributed by atoms with Crippen LogP contribution in [0.25, 0.3) is 16.9 Å². The van der Waals surface area contributed by atoms with Crippen LogP contribution >= 0.6 is 11.6 Å². The Bertz CT molecular complexity index is 903. The summed E-state index contributed by atoms with van der Waals surface area (Å²) in [5, 5.41) is 6.03. The van der Waals surface area contributed by atoms with Gasteiger partial charge in [-0.25, -0.2) is 14.3 Å². The molecule has 112 valence electrons. The Balaban J connectivity index is 2.27. The number of H-pyrrole nitrogens is 1. The SMILES string of the molecule is COC(=O)c1cn(-c2ccc(F)c(Cl)c2)cc2c(=O)[nH]nc1-2. The Morgan fingerprint density at radius 2 is 2.18 bits per heavy atom. The van der Waals surface area contributed by atoms with Gasteiger partial charge in [0.1, 0.15) is 17.1 Å². The molecule has 8 heteroatoms. The fourth-order valence-electron chi connectivity index (χ4n) is 2.09. The summed E-state index contributed by atoms with van der Waals surface area (Å²) in [6.45, 7) is 0. The first kappa shape index (κ1) is 14.3. The molecule has 0 amide bonds. The number of methoxy groups -OCH3 is 1. The Hall–Kier alpha value is -2.67. The zero-order valence-corrected chi connectivity index (χ0v) is 12.0. The third-order valence-corrected chi connectivity index (χ3v) is 3.46. The number of esters is 1. The fourth-order valence-corrected chi connectivity index (χ4v) is 2.27. The van der Waals surface area contributed by atoms with Gasteiger partial charge in [0, 0.05) is 18.1 Å². The largest absolute Gasteiger partial charge is 0.465 e. The van der Waals surface area contributed by atoms with E-state index in [1.165, 1.54) is 42.3 Å². The van der Waals surface area contributed by atoms with Crippen molar-refractivity contribution in [3.8, 4) is 16.9 Å². The summed E-state index contributed by atoms with van der Waals surface area (Å²) in [5.41, 5.74) is 0.574. The van der Waals surface area contributed by atoms with E-state index in [0.29, 0.717) is 5.69 Å². The molecular formula is C14H9ClFN3O3. The average Bonchev–Trinajstić information content (AvgIpc) is 2.90. The van der Waals surface area contributed by atoms with Crippen LogP contribution in [0.1, 0.15) is 10.4 Å². The van der Waals surface area contributed by atoms with Gasteiger partial charge in [0.25, 0.3) is 5.56 Å². The van der Waals surface area contributed by atoms with Crippen molar-refractivity contribution in [1.82, 2.24) is 14.8 Å². The van der Waals surface area contributed by atoms with Gasteiger partial charge in [0.2, 0.25) is 0 Å². The minimum absolute atomic E-state index is 0.0701. The van der Waals surface area contributed by atoms with E-state index in [-0.39, 0.29) is 21.8 Å². The highest BCUT2D eigenvalue weighted by Crippen LogP contribution is 2.24. The molecule has 0 atom stereocenters. The molecule has 0 unspecified atom stereocenters. The highest BCUT2D eigenvalue weighted by molar-refractivity contribution is 6.30. The first-order valence-corrected chi connectivity index (χ1v) is 6.53. The Morgan fingerprint density at radius 3 is 2.86 bits per heavy atom. The van der Waals surface area contributed by atoms with Crippen molar-refractivity contribution in [1.29, 1.82) is 0 Å². The second-order valence-electron chi connectivity index (χ2n) is 4.48. The number of fused-ring (bicyclic) bond motifs is 1. The molecule has 2 heterocycles. The molecule has 6 nitrogen and oxygen atoms in total. The minimum atomic E-state index is -0.640. The van der Waals surface area contributed by atoms with Crippen molar-refractivity contribution in [3.63, 3.8) is 0 Å². The summed E-state index contributed by atoms with van der Waals surface area (Å²) in [7, 11) is 1.23. The number of aromatic nitrogens is 3. The molecule has 0 fully saturated rings.